The number of nitrogens with zero attached hydrogens (tertiary/aromatic N) is 3. The molecule has 3 rings (SSSR count). The Kier molecular flexibility index (Phi) is 2.72. The van der Waals surface area contributed by atoms with Crippen LogP contribution in [-0.2, 0) is 0 Å². The summed E-state index contributed by atoms with van der Waals surface area (Å²) in [7, 11) is 0. The number of anilines is 1. The van der Waals surface area contributed by atoms with Gasteiger partial charge in [0.2, 0.25) is 0 Å². The quantitative estimate of drug-likeness (QED) is 0.764. The van der Waals surface area contributed by atoms with E-state index in [-0.39, 0.29) is 5.82 Å². The fraction of sp³-hybridized carbons (Fsp3) is 0. The third-order valence-electron chi connectivity index (χ3n) is 2.68. The SMILES string of the molecule is Nc1cn2cc(/C=C/c3cccc(F)c3)ncc2n1. The molecule has 3 aromatic rings. The number of hydrogen-bond donors (Lipinski definition) is 1. The average molecular weight is 254 g/mol. The van der Waals surface area contributed by atoms with Gasteiger partial charge in [-0.25, -0.2) is 9.37 Å². The molecule has 0 atom stereocenters. The monoisotopic (exact) mass is 254 g/mol. The standard InChI is InChI=1S/C14H11FN4/c15-11-3-1-2-10(6-11)4-5-12-8-19-9-13(16)18-14(19)7-17-12/h1-9H,16H2/b5-4+. The Morgan fingerprint density at radius 3 is 2.95 bits per heavy atom. The van der Waals surface area contributed by atoms with Gasteiger partial charge in [0.1, 0.15) is 11.6 Å². The Balaban J connectivity index is 1.92. The first-order valence-electron chi connectivity index (χ1n) is 5.74. The number of benzene rings is 1. The van der Waals surface area contributed by atoms with Crippen molar-refractivity contribution in [1.82, 2.24) is 14.4 Å². The molecule has 4 nitrogen and oxygen atoms in total. The summed E-state index contributed by atoms with van der Waals surface area (Å²) >= 11 is 0. The number of aromatic nitrogens is 3. The summed E-state index contributed by atoms with van der Waals surface area (Å²) in [6.45, 7) is 0. The number of hydrogen-bond acceptors (Lipinski definition) is 3. The maximum Gasteiger partial charge on any atom is 0.157 e. The second-order valence-electron chi connectivity index (χ2n) is 4.13. The average Bonchev–Trinajstić information content (AvgIpc) is 2.75. The predicted octanol–water partition coefficient (Wildman–Crippen LogP) is 2.62. The Hall–Kier alpha value is -2.69. The highest BCUT2D eigenvalue weighted by Crippen LogP contribution is 2.10. The van der Waals surface area contributed by atoms with Crippen LogP contribution < -0.4 is 5.73 Å². The molecule has 2 N–H and O–H groups in total. The van der Waals surface area contributed by atoms with E-state index in [4.69, 9.17) is 5.73 Å². The van der Waals surface area contributed by atoms with Crippen LogP contribution in [0.1, 0.15) is 11.3 Å². The highest BCUT2D eigenvalue weighted by molar-refractivity contribution is 5.68. The molecule has 5 heteroatoms. The third kappa shape index (κ3) is 2.44. The van der Waals surface area contributed by atoms with Crippen molar-refractivity contribution in [3.8, 4) is 0 Å². The maximum atomic E-state index is 13.0. The minimum atomic E-state index is -0.257. The van der Waals surface area contributed by atoms with E-state index in [2.05, 4.69) is 9.97 Å². The minimum Gasteiger partial charge on any atom is -0.382 e. The Bertz CT molecular complexity index is 761. The summed E-state index contributed by atoms with van der Waals surface area (Å²) < 4.78 is 14.8. The van der Waals surface area contributed by atoms with Gasteiger partial charge in [-0.2, -0.15) is 0 Å². The molecule has 1 aromatic carbocycles. The second kappa shape index (κ2) is 4.53. The molecular formula is C14H11FN4. The van der Waals surface area contributed by atoms with Crippen molar-refractivity contribution in [2.75, 3.05) is 5.73 Å². The lowest BCUT2D eigenvalue weighted by Crippen LogP contribution is -1.88. The van der Waals surface area contributed by atoms with Crippen molar-refractivity contribution in [2.24, 2.45) is 0 Å². The first-order valence-corrected chi connectivity index (χ1v) is 5.74. The number of halogens is 1. The molecule has 0 aliphatic heterocycles. The Morgan fingerprint density at radius 1 is 1.21 bits per heavy atom. The summed E-state index contributed by atoms with van der Waals surface area (Å²) in [6, 6.07) is 6.37. The van der Waals surface area contributed by atoms with Gasteiger partial charge < -0.3 is 10.1 Å². The van der Waals surface area contributed by atoms with E-state index in [1.165, 1.54) is 12.1 Å². The van der Waals surface area contributed by atoms with Crippen LogP contribution in [0, 0.1) is 5.82 Å². The molecule has 0 saturated heterocycles. The zero-order valence-corrected chi connectivity index (χ0v) is 9.99. The van der Waals surface area contributed by atoms with E-state index >= 15 is 0 Å². The van der Waals surface area contributed by atoms with Gasteiger partial charge in [0, 0.05) is 6.20 Å². The van der Waals surface area contributed by atoms with Crippen LogP contribution in [0.3, 0.4) is 0 Å². The van der Waals surface area contributed by atoms with Crippen LogP contribution in [0.5, 0.6) is 0 Å². The smallest absolute Gasteiger partial charge is 0.157 e. The maximum absolute atomic E-state index is 13.0. The first-order chi connectivity index (χ1) is 9.20. The molecule has 0 amide bonds. The van der Waals surface area contributed by atoms with E-state index in [0.717, 1.165) is 11.3 Å². The molecule has 0 fully saturated rings. The van der Waals surface area contributed by atoms with Gasteiger partial charge in [-0.3, -0.25) is 4.98 Å². The first kappa shape index (κ1) is 11.4. The molecule has 0 aliphatic carbocycles. The lowest BCUT2D eigenvalue weighted by Gasteiger charge is -1.96. The zero-order valence-electron chi connectivity index (χ0n) is 9.99. The number of fused-ring (bicyclic) bond motifs is 1. The molecule has 0 radical (unpaired) electrons. The normalized spacial score (nSPS) is 11.4. The van der Waals surface area contributed by atoms with Crippen molar-refractivity contribution in [3.05, 3.63) is 59.9 Å². The van der Waals surface area contributed by atoms with Crippen LogP contribution in [0.2, 0.25) is 0 Å². The molecule has 2 heterocycles. The second-order valence-corrected chi connectivity index (χ2v) is 4.13. The summed E-state index contributed by atoms with van der Waals surface area (Å²) in [5.41, 5.74) is 7.83. The van der Waals surface area contributed by atoms with Gasteiger partial charge >= 0.3 is 0 Å². The molecule has 0 bridgehead atoms. The number of rotatable bonds is 2. The van der Waals surface area contributed by atoms with Crippen molar-refractivity contribution < 1.29 is 4.39 Å². The van der Waals surface area contributed by atoms with E-state index in [9.17, 15) is 4.39 Å². The Labute approximate surface area is 109 Å². The van der Waals surface area contributed by atoms with Crippen LogP contribution >= 0.6 is 0 Å². The molecule has 0 spiro atoms. The topological polar surface area (TPSA) is 56.2 Å². The fourth-order valence-electron chi connectivity index (χ4n) is 1.81. The third-order valence-corrected chi connectivity index (χ3v) is 2.68. The van der Waals surface area contributed by atoms with Crippen molar-refractivity contribution in [2.45, 2.75) is 0 Å². The predicted molar refractivity (Wildman–Crippen MR) is 72.7 cm³/mol. The largest absolute Gasteiger partial charge is 0.382 e. The molecule has 0 saturated carbocycles. The van der Waals surface area contributed by atoms with Crippen molar-refractivity contribution in [3.63, 3.8) is 0 Å². The van der Waals surface area contributed by atoms with Gasteiger partial charge in [-0.15, -0.1) is 0 Å². The summed E-state index contributed by atoms with van der Waals surface area (Å²) in [4.78, 5) is 8.33. The molecule has 94 valence electrons. The molecule has 19 heavy (non-hydrogen) atoms. The lowest BCUT2D eigenvalue weighted by molar-refractivity contribution is 0.627. The van der Waals surface area contributed by atoms with E-state index in [1.807, 2.05) is 18.3 Å². The van der Waals surface area contributed by atoms with Gasteiger partial charge in [0.05, 0.1) is 18.1 Å². The fourth-order valence-corrected chi connectivity index (χ4v) is 1.81. The summed E-state index contributed by atoms with van der Waals surface area (Å²) in [6.07, 6.45) is 8.79. The zero-order chi connectivity index (χ0) is 13.2. The van der Waals surface area contributed by atoms with Crippen LogP contribution in [0.25, 0.3) is 17.8 Å². The van der Waals surface area contributed by atoms with Crippen LogP contribution in [0.4, 0.5) is 10.2 Å². The number of nitrogen functional groups attached to an aromatic ring is 1. The van der Waals surface area contributed by atoms with Crippen molar-refractivity contribution in [1.29, 1.82) is 0 Å². The highest BCUT2D eigenvalue weighted by atomic mass is 19.1. The van der Waals surface area contributed by atoms with Gasteiger partial charge in [-0.1, -0.05) is 18.2 Å². The molecule has 2 aromatic heterocycles. The number of imidazole rings is 1. The number of nitrogens with two attached hydrogens (primary N) is 1. The van der Waals surface area contributed by atoms with E-state index < -0.39 is 0 Å². The summed E-state index contributed by atoms with van der Waals surface area (Å²) in [5.74, 6) is 0.195. The van der Waals surface area contributed by atoms with Crippen LogP contribution in [-0.4, -0.2) is 14.4 Å². The molecular weight excluding hydrogens is 243 g/mol. The van der Waals surface area contributed by atoms with Gasteiger partial charge in [0.25, 0.3) is 0 Å². The lowest BCUT2D eigenvalue weighted by atomic mass is 10.2. The molecule has 0 unspecified atom stereocenters. The van der Waals surface area contributed by atoms with Gasteiger partial charge in [0.15, 0.2) is 5.65 Å². The van der Waals surface area contributed by atoms with E-state index in [0.29, 0.717) is 11.5 Å². The summed E-state index contributed by atoms with van der Waals surface area (Å²) in [5, 5.41) is 0. The van der Waals surface area contributed by atoms with Gasteiger partial charge in [-0.05, 0) is 23.8 Å². The Morgan fingerprint density at radius 2 is 2.11 bits per heavy atom. The molecule has 0 aliphatic rings. The van der Waals surface area contributed by atoms with E-state index in [1.54, 1.807) is 28.9 Å². The van der Waals surface area contributed by atoms with Crippen molar-refractivity contribution >= 4 is 23.6 Å². The highest BCUT2D eigenvalue weighted by Gasteiger charge is 1.99. The minimum absolute atomic E-state index is 0.257. The van der Waals surface area contributed by atoms with Crippen LogP contribution in [0.15, 0.2) is 42.9 Å².